The largest absolute Gasteiger partial charge is 0.367 e. The lowest BCUT2D eigenvalue weighted by Crippen LogP contribution is -2.52. The number of ether oxygens (including phenoxy) is 1. The van der Waals surface area contributed by atoms with Gasteiger partial charge in [0.05, 0.1) is 19.1 Å². The van der Waals surface area contributed by atoms with Crippen molar-refractivity contribution in [1.29, 1.82) is 0 Å². The predicted molar refractivity (Wildman–Crippen MR) is 61.3 cm³/mol. The Labute approximate surface area is 105 Å². The predicted octanol–water partition coefficient (Wildman–Crippen LogP) is -1.82. The average Bonchev–Trinajstić information content (AvgIpc) is 2.69. The van der Waals surface area contributed by atoms with E-state index in [0.29, 0.717) is 19.7 Å². The number of rotatable bonds is 2. The van der Waals surface area contributed by atoms with E-state index < -0.39 is 12.0 Å². The summed E-state index contributed by atoms with van der Waals surface area (Å²) in [7, 11) is 1.68. The van der Waals surface area contributed by atoms with Crippen LogP contribution in [-0.4, -0.2) is 66.9 Å². The standard InChI is InChI=1S/C11H17N3O4/c1-13-5-7(4-9(13)15)11(17)14-2-3-18-8(6-14)10(12)16/h7-8H,2-6H2,1H3,(H2,12,16). The first kappa shape index (κ1) is 12.8. The third-order valence-electron chi connectivity index (χ3n) is 3.39. The molecule has 0 aliphatic carbocycles. The van der Waals surface area contributed by atoms with E-state index in [0.717, 1.165) is 0 Å². The molecule has 0 aromatic heterocycles. The molecule has 0 radical (unpaired) electrons. The minimum Gasteiger partial charge on any atom is -0.367 e. The van der Waals surface area contributed by atoms with Crippen LogP contribution in [0.15, 0.2) is 0 Å². The molecule has 100 valence electrons. The van der Waals surface area contributed by atoms with Crippen LogP contribution in [0.3, 0.4) is 0 Å². The second kappa shape index (κ2) is 4.93. The summed E-state index contributed by atoms with van der Waals surface area (Å²) in [6, 6.07) is 0. The SMILES string of the molecule is CN1CC(C(=O)N2CCOC(C(N)=O)C2)CC1=O. The quantitative estimate of drug-likeness (QED) is 0.628. The summed E-state index contributed by atoms with van der Waals surface area (Å²) in [5, 5.41) is 0. The number of likely N-dealkylation sites (tertiary alicyclic amines) is 1. The minimum absolute atomic E-state index is 0.0203. The lowest BCUT2D eigenvalue weighted by atomic mass is 10.1. The summed E-state index contributed by atoms with van der Waals surface area (Å²) in [5.74, 6) is -0.989. The van der Waals surface area contributed by atoms with Gasteiger partial charge in [-0.1, -0.05) is 0 Å². The highest BCUT2D eigenvalue weighted by Gasteiger charge is 2.37. The number of nitrogens with zero attached hydrogens (tertiary/aromatic N) is 2. The fourth-order valence-electron chi connectivity index (χ4n) is 2.31. The molecule has 3 amide bonds. The minimum atomic E-state index is -0.738. The summed E-state index contributed by atoms with van der Waals surface area (Å²) in [4.78, 5) is 37.8. The van der Waals surface area contributed by atoms with E-state index in [4.69, 9.17) is 10.5 Å². The second-order valence-corrected chi connectivity index (χ2v) is 4.72. The highest BCUT2D eigenvalue weighted by Crippen LogP contribution is 2.20. The molecule has 0 aromatic rings. The molecule has 18 heavy (non-hydrogen) atoms. The maximum absolute atomic E-state index is 12.2. The van der Waals surface area contributed by atoms with Gasteiger partial charge in [-0.2, -0.15) is 0 Å². The number of amides is 3. The molecular weight excluding hydrogens is 238 g/mol. The number of primary amides is 1. The lowest BCUT2D eigenvalue weighted by molar-refractivity contribution is -0.148. The Morgan fingerprint density at radius 2 is 2.11 bits per heavy atom. The van der Waals surface area contributed by atoms with E-state index in [2.05, 4.69) is 0 Å². The Kier molecular flexibility index (Phi) is 3.51. The van der Waals surface area contributed by atoms with Gasteiger partial charge in [0.15, 0.2) is 6.10 Å². The van der Waals surface area contributed by atoms with Crippen molar-refractivity contribution in [2.45, 2.75) is 12.5 Å². The van der Waals surface area contributed by atoms with Crippen molar-refractivity contribution < 1.29 is 19.1 Å². The molecule has 2 atom stereocenters. The highest BCUT2D eigenvalue weighted by atomic mass is 16.5. The van der Waals surface area contributed by atoms with Gasteiger partial charge in [-0.25, -0.2) is 0 Å². The maximum Gasteiger partial charge on any atom is 0.248 e. The molecule has 0 aromatic carbocycles. The Balaban J connectivity index is 1.97. The van der Waals surface area contributed by atoms with E-state index in [1.165, 1.54) is 0 Å². The maximum atomic E-state index is 12.2. The molecule has 2 unspecified atom stereocenters. The van der Waals surface area contributed by atoms with E-state index in [-0.39, 0.29) is 30.7 Å². The van der Waals surface area contributed by atoms with Crippen LogP contribution in [0.25, 0.3) is 0 Å². The molecule has 0 spiro atoms. The molecule has 0 bridgehead atoms. The smallest absolute Gasteiger partial charge is 0.248 e. The summed E-state index contributed by atoms with van der Waals surface area (Å²) in [6.07, 6.45) is -0.494. The van der Waals surface area contributed by atoms with Crippen molar-refractivity contribution in [3.05, 3.63) is 0 Å². The van der Waals surface area contributed by atoms with E-state index >= 15 is 0 Å². The monoisotopic (exact) mass is 255 g/mol. The molecule has 7 nitrogen and oxygen atoms in total. The normalized spacial score (nSPS) is 28.6. The summed E-state index contributed by atoms with van der Waals surface area (Å²) in [5.41, 5.74) is 5.16. The highest BCUT2D eigenvalue weighted by molar-refractivity contribution is 5.89. The van der Waals surface area contributed by atoms with Gasteiger partial charge in [0.2, 0.25) is 17.7 Å². The van der Waals surface area contributed by atoms with Crippen LogP contribution in [0.1, 0.15) is 6.42 Å². The fraction of sp³-hybridized carbons (Fsp3) is 0.727. The van der Waals surface area contributed by atoms with Gasteiger partial charge in [-0.3, -0.25) is 14.4 Å². The van der Waals surface area contributed by atoms with Crippen molar-refractivity contribution in [1.82, 2.24) is 9.80 Å². The van der Waals surface area contributed by atoms with Crippen LogP contribution in [-0.2, 0) is 19.1 Å². The van der Waals surface area contributed by atoms with Gasteiger partial charge in [0.1, 0.15) is 0 Å². The summed E-state index contributed by atoms with van der Waals surface area (Å²) < 4.78 is 5.18. The zero-order valence-electron chi connectivity index (χ0n) is 10.3. The number of morpholine rings is 1. The van der Waals surface area contributed by atoms with E-state index in [1.807, 2.05) is 0 Å². The molecule has 2 rings (SSSR count). The molecular formula is C11H17N3O4. The zero-order chi connectivity index (χ0) is 13.3. The van der Waals surface area contributed by atoms with E-state index in [9.17, 15) is 14.4 Å². The van der Waals surface area contributed by atoms with Crippen LogP contribution in [0.2, 0.25) is 0 Å². The van der Waals surface area contributed by atoms with Crippen molar-refractivity contribution in [3.63, 3.8) is 0 Å². The van der Waals surface area contributed by atoms with E-state index in [1.54, 1.807) is 16.8 Å². The zero-order valence-corrected chi connectivity index (χ0v) is 10.3. The molecule has 7 heteroatoms. The first-order valence-electron chi connectivity index (χ1n) is 5.92. The number of carbonyl (C=O) groups excluding carboxylic acids is 3. The molecule has 2 saturated heterocycles. The fourth-order valence-corrected chi connectivity index (χ4v) is 2.31. The van der Waals surface area contributed by atoms with Crippen LogP contribution in [0, 0.1) is 5.92 Å². The van der Waals surface area contributed by atoms with Crippen molar-refractivity contribution in [3.8, 4) is 0 Å². The number of hydrogen-bond donors (Lipinski definition) is 1. The van der Waals surface area contributed by atoms with Crippen LogP contribution < -0.4 is 5.73 Å². The Morgan fingerprint density at radius 3 is 2.67 bits per heavy atom. The Hall–Kier alpha value is -1.63. The third-order valence-corrected chi connectivity index (χ3v) is 3.39. The average molecular weight is 255 g/mol. The Bertz CT molecular complexity index is 384. The van der Waals surface area contributed by atoms with Gasteiger partial charge < -0.3 is 20.3 Å². The molecule has 0 saturated carbocycles. The second-order valence-electron chi connectivity index (χ2n) is 4.72. The Morgan fingerprint density at radius 1 is 1.39 bits per heavy atom. The van der Waals surface area contributed by atoms with Crippen LogP contribution in [0.4, 0.5) is 0 Å². The van der Waals surface area contributed by atoms with Crippen molar-refractivity contribution in [2.75, 3.05) is 33.3 Å². The molecule has 2 fully saturated rings. The van der Waals surface area contributed by atoms with Gasteiger partial charge >= 0.3 is 0 Å². The molecule has 2 heterocycles. The molecule has 2 aliphatic heterocycles. The van der Waals surface area contributed by atoms with Gasteiger partial charge in [-0.05, 0) is 0 Å². The van der Waals surface area contributed by atoms with Crippen LogP contribution >= 0.6 is 0 Å². The summed E-state index contributed by atoms with van der Waals surface area (Å²) in [6.45, 7) is 1.37. The number of nitrogens with two attached hydrogens (primary N) is 1. The topological polar surface area (TPSA) is 92.9 Å². The number of carbonyl (C=O) groups is 3. The third kappa shape index (κ3) is 2.45. The first-order valence-corrected chi connectivity index (χ1v) is 5.92. The van der Waals surface area contributed by atoms with Crippen molar-refractivity contribution >= 4 is 17.7 Å². The molecule has 2 aliphatic rings. The summed E-state index contributed by atoms with van der Waals surface area (Å²) >= 11 is 0. The lowest BCUT2D eigenvalue weighted by Gasteiger charge is -2.32. The van der Waals surface area contributed by atoms with Crippen LogP contribution in [0.5, 0.6) is 0 Å². The van der Waals surface area contributed by atoms with Gasteiger partial charge in [0.25, 0.3) is 0 Å². The van der Waals surface area contributed by atoms with Crippen molar-refractivity contribution in [2.24, 2.45) is 11.7 Å². The number of hydrogen-bond acceptors (Lipinski definition) is 4. The van der Waals surface area contributed by atoms with Gasteiger partial charge in [-0.15, -0.1) is 0 Å². The first-order chi connectivity index (χ1) is 8.49. The molecule has 2 N–H and O–H groups in total. The van der Waals surface area contributed by atoms with Gasteiger partial charge in [0, 0.05) is 26.6 Å².